The lowest BCUT2D eigenvalue weighted by atomic mass is 9.79. The molecule has 0 spiro atoms. The lowest BCUT2D eigenvalue weighted by Crippen LogP contribution is -2.51. The van der Waals surface area contributed by atoms with E-state index in [1.807, 2.05) is 12.1 Å². The van der Waals surface area contributed by atoms with E-state index in [1.165, 1.54) is 5.56 Å². The average molecular weight is 247 g/mol. The van der Waals surface area contributed by atoms with Crippen LogP contribution in [0.15, 0.2) is 24.3 Å². The predicted octanol–water partition coefficient (Wildman–Crippen LogP) is 2.14. The molecule has 1 fully saturated rings. The molecule has 0 saturated carbocycles. The molecule has 18 heavy (non-hydrogen) atoms. The van der Waals surface area contributed by atoms with Crippen LogP contribution >= 0.6 is 0 Å². The van der Waals surface area contributed by atoms with Crippen LogP contribution in [0.3, 0.4) is 0 Å². The molecular formula is C15H21NO2. The van der Waals surface area contributed by atoms with Crippen molar-refractivity contribution >= 4 is 0 Å². The van der Waals surface area contributed by atoms with E-state index in [2.05, 4.69) is 12.1 Å². The molecule has 0 aromatic heterocycles. The van der Waals surface area contributed by atoms with Crippen LogP contribution in [0.2, 0.25) is 0 Å². The van der Waals surface area contributed by atoms with Crippen molar-refractivity contribution in [2.45, 2.75) is 31.2 Å². The van der Waals surface area contributed by atoms with Crippen molar-refractivity contribution in [1.82, 2.24) is 0 Å². The van der Waals surface area contributed by atoms with Gasteiger partial charge in [-0.15, -0.1) is 0 Å². The third-order valence-electron chi connectivity index (χ3n) is 4.07. The highest BCUT2D eigenvalue weighted by atomic mass is 16.5. The van der Waals surface area contributed by atoms with Gasteiger partial charge in [0.15, 0.2) is 0 Å². The maximum atomic E-state index is 6.54. The van der Waals surface area contributed by atoms with E-state index in [9.17, 15) is 0 Å². The maximum Gasteiger partial charge on any atom is 0.122 e. The highest BCUT2D eigenvalue weighted by Crippen LogP contribution is 2.33. The Morgan fingerprint density at radius 2 is 2.00 bits per heavy atom. The molecule has 1 aromatic rings. The molecule has 1 atom stereocenters. The number of benzene rings is 1. The van der Waals surface area contributed by atoms with Crippen LogP contribution in [0.25, 0.3) is 0 Å². The van der Waals surface area contributed by atoms with Crippen LogP contribution in [0, 0.1) is 5.92 Å². The van der Waals surface area contributed by atoms with Crippen molar-refractivity contribution in [3.05, 3.63) is 29.8 Å². The number of rotatable bonds is 2. The van der Waals surface area contributed by atoms with Gasteiger partial charge in [0.05, 0.1) is 5.54 Å². The van der Waals surface area contributed by atoms with Crippen molar-refractivity contribution in [2.75, 3.05) is 19.8 Å². The molecule has 2 N–H and O–H groups in total. The van der Waals surface area contributed by atoms with Crippen LogP contribution in [0.4, 0.5) is 0 Å². The summed E-state index contributed by atoms with van der Waals surface area (Å²) < 4.78 is 11.2. The SMILES string of the molecule is NC1(CC2CCOCC2)COc2ccccc2C1. The Hall–Kier alpha value is -1.06. The van der Waals surface area contributed by atoms with Gasteiger partial charge in [-0.25, -0.2) is 0 Å². The quantitative estimate of drug-likeness (QED) is 0.870. The van der Waals surface area contributed by atoms with Crippen LogP contribution < -0.4 is 10.5 Å². The first kappa shape index (κ1) is 12.0. The second-order valence-electron chi connectivity index (χ2n) is 5.70. The highest BCUT2D eigenvalue weighted by Gasteiger charge is 2.34. The van der Waals surface area contributed by atoms with E-state index >= 15 is 0 Å². The van der Waals surface area contributed by atoms with Gasteiger partial charge in [0.25, 0.3) is 0 Å². The Labute approximate surface area is 108 Å². The summed E-state index contributed by atoms with van der Waals surface area (Å²) >= 11 is 0. The van der Waals surface area contributed by atoms with Gasteiger partial charge in [0, 0.05) is 13.2 Å². The molecule has 0 radical (unpaired) electrons. The number of fused-ring (bicyclic) bond motifs is 1. The fourth-order valence-electron chi connectivity index (χ4n) is 3.10. The van der Waals surface area contributed by atoms with Gasteiger partial charge in [0.2, 0.25) is 0 Å². The second kappa shape index (κ2) is 4.90. The van der Waals surface area contributed by atoms with Crippen molar-refractivity contribution in [3.8, 4) is 5.75 Å². The van der Waals surface area contributed by atoms with Crippen LogP contribution in [0.1, 0.15) is 24.8 Å². The topological polar surface area (TPSA) is 44.5 Å². The van der Waals surface area contributed by atoms with Crippen molar-refractivity contribution in [1.29, 1.82) is 0 Å². The fraction of sp³-hybridized carbons (Fsp3) is 0.600. The maximum absolute atomic E-state index is 6.54. The zero-order chi connectivity index (χ0) is 12.4. The first-order valence-electron chi connectivity index (χ1n) is 6.83. The van der Waals surface area contributed by atoms with Gasteiger partial charge in [0.1, 0.15) is 12.4 Å². The summed E-state index contributed by atoms with van der Waals surface area (Å²) in [6.45, 7) is 2.41. The zero-order valence-corrected chi connectivity index (χ0v) is 10.7. The molecule has 2 aliphatic heterocycles. The van der Waals surface area contributed by atoms with E-state index in [1.54, 1.807) is 0 Å². The van der Waals surface area contributed by atoms with Gasteiger partial charge in [-0.1, -0.05) is 18.2 Å². The third kappa shape index (κ3) is 2.52. The molecular weight excluding hydrogens is 226 g/mol. The Balaban J connectivity index is 1.69. The minimum Gasteiger partial charge on any atom is -0.491 e. The Kier molecular flexibility index (Phi) is 3.27. The number of para-hydroxylation sites is 1. The summed E-state index contributed by atoms with van der Waals surface area (Å²) in [5.41, 5.74) is 7.59. The summed E-state index contributed by atoms with van der Waals surface area (Å²) in [6, 6.07) is 8.23. The summed E-state index contributed by atoms with van der Waals surface area (Å²) in [5.74, 6) is 1.70. The van der Waals surface area contributed by atoms with E-state index in [0.29, 0.717) is 12.5 Å². The minimum atomic E-state index is -0.198. The predicted molar refractivity (Wildman–Crippen MR) is 70.7 cm³/mol. The largest absolute Gasteiger partial charge is 0.491 e. The molecule has 0 aliphatic carbocycles. The Morgan fingerprint density at radius 3 is 2.83 bits per heavy atom. The average Bonchev–Trinajstić information content (AvgIpc) is 2.39. The first-order chi connectivity index (χ1) is 8.75. The van der Waals surface area contributed by atoms with Gasteiger partial charge in [-0.05, 0) is 43.2 Å². The summed E-state index contributed by atoms with van der Waals surface area (Å²) in [4.78, 5) is 0. The number of ether oxygens (including phenoxy) is 2. The van der Waals surface area contributed by atoms with Crippen molar-refractivity contribution < 1.29 is 9.47 Å². The summed E-state index contributed by atoms with van der Waals surface area (Å²) in [6.07, 6.45) is 4.26. The van der Waals surface area contributed by atoms with Gasteiger partial charge < -0.3 is 15.2 Å². The fourth-order valence-corrected chi connectivity index (χ4v) is 3.10. The van der Waals surface area contributed by atoms with Crippen molar-refractivity contribution in [2.24, 2.45) is 11.7 Å². The highest BCUT2D eigenvalue weighted by molar-refractivity contribution is 5.36. The number of hydrogen-bond acceptors (Lipinski definition) is 3. The number of hydrogen-bond donors (Lipinski definition) is 1. The summed E-state index contributed by atoms with van der Waals surface area (Å²) in [5, 5.41) is 0. The molecule has 2 aliphatic rings. The molecule has 1 saturated heterocycles. The van der Waals surface area contributed by atoms with Crippen LogP contribution in [-0.2, 0) is 11.2 Å². The van der Waals surface area contributed by atoms with E-state index < -0.39 is 0 Å². The molecule has 3 rings (SSSR count). The minimum absolute atomic E-state index is 0.198. The molecule has 3 nitrogen and oxygen atoms in total. The van der Waals surface area contributed by atoms with Crippen LogP contribution in [0.5, 0.6) is 5.75 Å². The molecule has 1 unspecified atom stereocenters. The van der Waals surface area contributed by atoms with Gasteiger partial charge >= 0.3 is 0 Å². The Morgan fingerprint density at radius 1 is 1.22 bits per heavy atom. The van der Waals surface area contributed by atoms with E-state index in [0.717, 1.165) is 44.6 Å². The summed E-state index contributed by atoms with van der Waals surface area (Å²) in [7, 11) is 0. The zero-order valence-electron chi connectivity index (χ0n) is 10.7. The molecule has 0 amide bonds. The lowest BCUT2D eigenvalue weighted by Gasteiger charge is -2.38. The third-order valence-corrected chi connectivity index (χ3v) is 4.07. The molecule has 2 heterocycles. The molecule has 3 heteroatoms. The van der Waals surface area contributed by atoms with E-state index in [-0.39, 0.29) is 5.54 Å². The monoisotopic (exact) mass is 247 g/mol. The molecule has 98 valence electrons. The standard InChI is InChI=1S/C15H21NO2/c16-15(9-12-5-7-17-8-6-12)10-13-3-1-2-4-14(13)18-11-15/h1-4,12H,5-11,16H2. The van der Waals surface area contributed by atoms with E-state index in [4.69, 9.17) is 15.2 Å². The molecule has 0 bridgehead atoms. The molecule has 1 aromatic carbocycles. The number of nitrogens with two attached hydrogens (primary N) is 1. The van der Waals surface area contributed by atoms with Gasteiger partial charge in [-0.3, -0.25) is 0 Å². The Bertz CT molecular complexity index is 415. The van der Waals surface area contributed by atoms with Crippen molar-refractivity contribution in [3.63, 3.8) is 0 Å². The van der Waals surface area contributed by atoms with Gasteiger partial charge in [-0.2, -0.15) is 0 Å². The second-order valence-corrected chi connectivity index (χ2v) is 5.70. The first-order valence-corrected chi connectivity index (χ1v) is 6.83. The smallest absolute Gasteiger partial charge is 0.122 e. The lowest BCUT2D eigenvalue weighted by molar-refractivity contribution is 0.0490. The normalized spacial score (nSPS) is 28.5. The van der Waals surface area contributed by atoms with Crippen LogP contribution in [-0.4, -0.2) is 25.4 Å².